The third-order valence-corrected chi connectivity index (χ3v) is 4.06. The second-order valence-electron chi connectivity index (χ2n) is 5.60. The largest absolute Gasteiger partial charge is 0.465 e. The van der Waals surface area contributed by atoms with Crippen molar-refractivity contribution < 1.29 is 14.3 Å². The summed E-state index contributed by atoms with van der Waals surface area (Å²) in [7, 11) is 3.10. The van der Waals surface area contributed by atoms with Crippen molar-refractivity contribution in [1.82, 2.24) is 4.90 Å². The fourth-order valence-electron chi connectivity index (χ4n) is 2.35. The zero-order chi connectivity index (χ0) is 18.2. The summed E-state index contributed by atoms with van der Waals surface area (Å²) in [5.41, 5.74) is 2.09. The van der Waals surface area contributed by atoms with Gasteiger partial charge < -0.3 is 15.0 Å². The van der Waals surface area contributed by atoms with Crippen LogP contribution in [-0.4, -0.2) is 37.5 Å². The van der Waals surface area contributed by atoms with Crippen molar-refractivity contribution >= 4 is 29.2 Å². The van der Waals surface area contributed by atoms with Gasteiger partial charge in [-0.05, 0) is 23.8 Å². The van der Waals surface area contributed by atoms with Crippen molar-refractivity contribution in [2.24, 2.45) is 0 Å². The molecule has 0 atom stereocenters. The monoisotopic (exact) mass is 360 g/mol. The molecule has 5 nitrogen and oxygen atoms in total. The highest BCUT2D eigenvalue weighted by molar-refractivity contribution is 6.33. The number of hydrogen-bond acceptors (Lipinski definition) is 4. The minimum atomic E-state index is -0.432. The van der Waals surface area contributed by atoms with Crippen molar-refractivity contribution in [2.75, 3.05) is 26.0 Å². The van der Waals surface area contributed by atoms with E-state index in [1.165, 1.54) is 7.11 Å². The van der Waals surface area contributed by atoms with Crippen LogP contribution in [0.3, 0.4) is 0 Å². The van der Waals surface area contributed by atoms with Gasteiger partial charge in [0.25, 0.3) is 0 Å². The van der Waals surface area contributed by atoms with Crippen LogP contribution < -0.4 is 5.32 Å². The van der Waals surface area contributed by atoms with E-state index in [9.17, 15) is 9.59 Å². The maximum Gasteiger partial charge on any atom is 0.337 e. The molecule has 6 heteroatoms. The van der Waals surface area contributed by atoms with Gasteiger partial charge in [0.2, 0.25) is 5.91 Å². The summed E-state index contributed by atoms with van der Waals surface area (Å²) >= 11 is 6.12. The molecule has 0 unspecified atom stereocenters. The van der Waals surface area contributed by atoms with E-state index in [0.29, 0.717) is 35.8 Å². The van der Waals surface area contributed by atoms with Gasteiger partial charge in [0.1, 0.15) is 0 Å². The zero-order valence-corrected chi connectivity index (χ0v) is 15.0. The van der Waals surface area contributed by atoms with Gasteiger partial charge in [0.05, 0.1) is 23.4 Å². The van der Waals surface area contributed by atoms with Crippen LogP contribution in [0.2, 0.25) is 5.02 Å². The molecule has 0 radical (unpaired) electrons. The molecule has 1 amide bonds. The van der Waals surface area contributed by atoms with E-state index >= 15 is 0 Å². The van der Waals surface area contributed by atoms with Gasteiger partial charge >= 0.3 is 5.97 Å². The van der Waals surface area contributed by atoms with Crippen LogP contribution in [0, 0.1) is 0 Å². The number of methoxy groups -OCH3 is 1. The molecular formula is C19H21ClN2O3. The van der Waals surface area contributed by atoms with Crippen LogP contribution in [0.4, 0.5) is 5.69 Å². The third kappa shape index (κ3) is 5.50. The number of carbonyl (C=O) groups is 2. The molecule has 0 aliphatic carbocycles. The number of esters is 1. The van der Waals surface area contributed by atoms with Gasteiger partial charge in [-0.3, -0.25) is 4.79 Å². The predicted molar refractivity (Wildman–Crippen MR) is 98.8 cm³/mol. The predicted octanol–water partition coefficient (Wildman–Crippen LogP) is 3.59. The normalized spacial score (nSPS) is 10.2. The third-order valence-electron chi connectivity index (χ3n) is 3.73. The lowest BCUT2D eigenvalue weighted by molar-refractivity contribution is -0.130. The molecular weight excluding hydrogens is 340 g/mol. The van der Waals surface area contributed by atoms with Gasteiger partial charge in [-0.15, -0.1) is 0 Å². The average molecular weight is 361 g/mol. The first-order valence-electron chi connectivity index (χ1n) is 7.91. The smallest absolute Gasteiger partial charge is 0.337 e. The van der Waals surface area contributed by atoms with E-state index in [0.717, 1.165) is 5.56 Å². The summed E-state index contributed by atoms with van der Waals surface area (Å²) in [5, 5.41) is 3.58. The lowest BCUT2D eigenvalue weighted by atomic mass is 10.2. The number of ether oxygens (including phenoxy) is 1. The number of anilines is 1. The van der Waals surface area contributed by atoms with Crippen molar-refractivity contribution in [2.45, 2.75) is 13.0 Å². The highest BCUT2D eigenvalue weighted by Crippen LogP contribution is 2.23. The standard InChI is InChI=1S/C19H21ClN2O3/c1-22(13-14-6-4-3-5-7-14)18(23)10-11-21-17-12-15(19(24)25-2)8-9-16(17)20/h3-9,12,21H,10-11,13H2,1-2H3. The molecule has 1 N–H and O–H groups in total. The summed E-state index contributed by atoms with van der Waals surface area (Å²) in [6, 6.07) is 14.7. The Morgan fingerprint density at radius 2 is 1.88 bits per heavy atom. The molecule has 0 spiro atoms. The molecule has 132 valence electrons. The summed E-state index contributed by atoms with van der Waals surface area (Å²) in [5.74, 6) is -0.407. The van der Waals surface area contributed by atoms with Crippen LogP contribution in [0.5, 0.6) is 0 Å². The summed E-state index contributed by atoms with van der Waals surface area (Å²) in [6.45, 7) is 0.987. The number of benzene rings is 2. The molecule has 2 rings (SSSR count). The topological polar surface area (TPSA) is 58.6 Å². The van der Waals surface area contributed by atoms with Crippen LogP contribution in [0.15, 0.2) is 48.5 Å². The van der Waals surface area contributed by atoms with E-state index in [1.807, 2.05) is 30.3 Å². The molecule has 25 heavy (non-hydrogen) atoms. The maximum atomic E-state index is 12.2. The molecule has 2 aromatic rings. The van der Waals surface area contributed by atoms with E-state index in [4.69, 9.17) is 16.3 Å². The number of rotatable bonds is 7. The molecule has 0 saturated heterocycles. The number of amides is 1. The second kappa shape index (κ2) is 9.08. The Kier molecular flexibility index (Phi) is 6.83. The molecule has 0 aliphatic rings. The minimum Gasteiger partial charge on any atom is -0.465 e. The van der Waals surface area contributed by atoms with E-state index in [-0.39, 0.29) is 5.91 Å². The number of hydrogen-bond donors (Lipinski definition) is 1. The molecule has 0 aromatic heterocycles. The van der Waals surface area contributed by atoms with E-state index in [2.05, 4.69) is 5.32 Å². The number of nitrogens with one attached hydrogen (secondary N) is 1. The van der Waals surface area contributed by atoms with Crippen LogP contribution in [0.25, 0.3) is 0 Å². The zero-order valence-electron chi connectivity index (χ0n) is 14.3. The SMILES string of the molecule is COC(=O)c1ccc(Cl)c(NCCC(=O)N(C)Cc2ccccc2)c1. The van der Waals surface area contributed by atoms with Crippen LogP contribution in [0.1, 0.15) is 22.3 Å². The Bertz CT molecular complexity index is 735. The minimum absolute atomic E-state index is 0.0246. The maximum absolute atomic E-state index is 12.2. The molecule has 0 fully saturated rings. The van der Waals surface area contributed by atoms with Crippen LogP contribution in [-0.2, 0) is 16.1 Å². The Labute approximate surface area is 152 Å². The number of carbonyl (C=O) groups excluding carboxylic acids is 2. The number of halogens is 1. The first kappa shape index (κ1) is 18.8. The van der Waals surface area contributed by atoms with Gasteiger partial charge in [-0.25, -0.2) is 4.79 Å². The van der Waals surface area contributed by atoms with Gasteiger partial charge in [0.15, 0.2) is 0 Å². The van der Waals surface area contributed by atoms with Crippen LogP contribution >= 0.6 is 11.6 Å². The van der Waals surface area contributed by atoms with E-state index in [1.54, 1.807) is 30.1 Å². The Hall–Kier alpha value is -2.53. The Morgan fingerprint density at radius 1 is 1.16 bits per heavy atom. The summed E-state index contributed by atoms with van der Waals surface area (Å²) in [4.78, 5) is 25.5. The van der Waals surface area contributed by atoms with Crippen molar-refractivity contribution in [3.63, 3.8) is 0 Å². The lowest BCUT2D eigenvalue weighted by Crippen LogP contribution is -2.27. The van der Waals surface area contributed by atoms with Gasteiger partial charge in [-0.2, -0.15) is 0 Å². The highest BCUT2D eigenvalue weighted by Gasteiger charge is 2.11. The Balaban J connectivity index is 1.87. The van der Waals surface area contributed by atoms with E-state index < -0.39 is 5.97 Å². The quantitative estimate of drug-likeness (QED) is 0.766. The Morgan fingerprint density at radius 3 is 2.56 bits per heavy atom. The second-order valence-corrected chi connectivity index (χ2v) is 6.01. The summed E-state index contributed by atoms with van der Waals surface area (Å²) in [6.07, 6.45) is 0.322. The number of nitrogens with zero attached hydrogens (tertiary/aromatic N) is 1. The summed E-state index contributed by atoms with van der Waals surface area (Å²) < 4.78 is 4.69. The van der Waals surface area contributed by atoms with Crippen molar-refractivity contribution in [3.8, 4) is 0 Å². The lowest BCUT2D eigenvalue weighted by Gasteiger charge is -2.18. The fourth-order valence-corrected chi connectivity index (χ4v) is 2.53. The molecule has 0 heterocycles. The average Bonchev–Trinajstić information content (AvgIpc) is 2.63. The molecule has 0 saturated carbocycles. The highest BCUT2D eigenvalue weighted by atomic mass is 35.5. The molecule has 0 aliphatic heterocycles. The first-order chi connectivity index (χ1) is 12.0. The van der Waals surface area contributed by atoms with Gasteiger partial charge in [-0.1, -0.05) is 41.9 Å². The first-order valence-corrected chi connectivity index (χ1v) is 8.28. The van der Waals surface area contributed by atoms with Gasteiger partial charge in [0, 0.05) is 26.6 Å². The molecule has 0 bridgehead atoms. The molecule has 2 aromatic carbocycles. The fraction of sp³-hybridized carbons (Fsp3) is 0.263. The van der Waals surface area contributed by atoms with Crippen molar-refractivity contribution in [3.05, 3.63) is 64.7 Å². The van der Waals surface area contributed by atoms with Crippen molar-refractivity contribution in [1.29, 1.82) is 0 Å².